The first-order valence-corrected chi connectivity index (χ1v) is 5.07. The number of hydrogen-bond donors (Lipinski definition) is 0. The van der Waals surface area contributed by atoms with Gasteiger partial charge in [0.2, 0.25) is 5.91 Å². The van der Waals surface area contributed by atoms with E-state index in [9.17, 15) is 14.0 Å². The zero-order valence-electron chi connectivity index (χ0n) is 9.18. The fourth-order valence-corrected chi connectivity index (χ4v) is 1.68. The van der Waals surface area contributed by atoms with Gasteiger partial charge in [-0.15, -0.1) is 0 Å². The second kappa shape index (κ2) is 4.33. The van der Waals surface area contributed by atoms with E-state index in [1.807, 2.05) is 0 Å². The van der Waals surface area contributed by atoms with Crippen molar-refractivity contribution in [1.82, 2.24) is 4.57 Å². The fourth-order valence-electron chi connectivity index (χ4n) is 1.68. The van der Waals surface area contributed by atoms with E-state index < -0.39 is 5.82 Å². The lowest BCUT2D eigenvalue weighted by Crippen LogP contribution is -2.06. The monoisotopic (exact) mass is 231 g/mol. The molecule has 0 aliphatic heterocycles. The lowest BCUT2D eigenvalue weighted by molar-refractivity contribution is 0.0938. The van der Waals surface area contributed by atoms with Crippen LogP contribution in [-0.2, 0) is 0 Å². The molecule has 0 radical (unpaired) electrons. The van der Waals surface area contributed by atoms with Gasteiger partial charge in [0.1, 0.15) is 5.82 Å². The van der Waals surface area contributed by atoms with Gasteiger partial charge in [-0.05, 0) is 18.2 Å². The number of aldehydes is 1. The number of nitrogens with zero attached hydrogens (tertiary/aromatic N) is 1. The third-order valence-electron chi connectivity index (χ3n) is 2.47. The van der Waals surface area contributed by atoms with E-state index in [2.05, 4.69) is 0 Å². The summed E-state index contributed by atoms with van der Waals surface area (Å²) in [5.74, 6) is -0.693. The second-order valence-corrected chi connectivity index (χ2v) is 3.65. The normalized spacial score (nSPS) is 10.2. The predicted octanol–water partition coefficient (Wildman–Crippen LogP) is 2.77. The largest absolute Gasteiger partial charge is 0.298 e. The predicted molar refractivity (Wildman–Crippen MR) is 61.5 cm³/mol. The van der Waals surface area contributed by atoms with Crippen LogP contribution in [0, 0.1) is 5.82 Å². The molecule has 0 aliphatic carbocycles. The molecule has 0 fully saturated rings. The van der Waals surface area contributed by atoms with Crippen LogP contribution in [-0.4, -0.2) is 16.8 Å². The molecule has 86 valence electrons. The van der Waals surface area contributed by atoms with Crippen molar-refractivity contribution in [2.45, 2.75) is 6.92 Å². The van der Waals surface area contributed by atoms with Crippen molar-refractivity contribution >= 4 is 12.2 Å². The van der Waals surface area contributed by atoms with Crippen molar-refractivity contribution in [3.05, 3.63) is 47.9 Å². The summed E-state index contributed by atoms with van der Waals surface area (Å²) in [5, 5.41) is 0. The van der Waals surface area contributed by atoms with E-state index in [-0.39, 0.29) is 5.91 Å². The molecule has 1 aromatic heterocycles. The average molecular weight is 231 g/mol. The van der Waals surface area contributed by atoms with Crippen LogP contribution in [0.1, 0.15) is 22.1 Å². The van der Waals surface area contributed by atoms with Gasteiger partial charge in [-0.2, -0.15) is 0 Å². The molecule has 0 unspecified atom stereocenters. The summed E-state index contributed by atoms with van der Waals surface area (Å²) in [7, 11) is 0. The minimum absolute atomic E-state index is 0.267. The Labute approximate surface area is 97.5 Å². The topological polar surface area (TPSA) is 39.1 Å². The molecule has 0 amide bonds. The third-order valence-corrected chi connectivity index (χ3v) is 2.47. The lowest BCUT2D eigenvalue weighted by Gasteiger charge is -2.05. The Morgan fingerprint density at radius 3 is 2.65 bits per heavy atom. The van der Waals surface area contributed by atoms with Gasteiger partial charge in [0.25, 0.3) is 0 Å². The van der Waals surface area contributed by atoms with E-state index in [4.69, 9.17) is 0 Å². The zero-order chi connectivity index (χ0) is 12.4. The number of rotatable bonds is 2. The number of halogens is 1. The summed E-state index contributed by atoms with van der Waals surface area (Å²) in [6.07, 6.45) is 2.03. The molecule has 1 aromatic carbocycles. The SMILES string of the molecule is CC(=O)n1cc(C=O)cc1-c1ccccc1F. The van der Waals surface area contributed by atoms with Crippen LogP contribution < -0.4 is 0 Å². The van der Waals surface area contributed by atoms with Gasteiger partial charge in [-0.25, -0.2) is 4.39 Å². The summed E-state index contributed by atoms with van der Waals surface area (Å²) >= 11 is 0. The quantitative estimate of drug-likeness (QED) is 0.745. The van der Waals surface area contributed by atoms with Crippen LogP contribution in [0.15, 0.2) is 36.5 Å². The van der Waals surface area contributed by atoms with Crippen LogP contribution in [0.5, 0.6) is 0 Å². The summed E-state index contributed by atoms with van der Waals surface area (Å²) in [5.41, 5.74) is 1.03. The molecule has 17 heavy (non-hydrogen) atoms. The third kappa shape index (κ3) is 2.01. The van der Waals surface area contributed by atoms with E-state index >= 15 is 0 Å². The minimum atomic E-state index is -0.425. The molecule has 0 bridgehead atoms. The number of benzene rings is 1. The van der Waals surface area contributed by atoms with Gasteiger partial charge in [0.05, 0.1) is 5.69 Å². The maximum atomic E-state index is 13.6. The maximum Gasteiger partial charge on any atom is 0.227 e. The van der Waals surface area contributed by atoms with E-state index in [0.29, 0.717) is 23.1 Å². The van der Waals surface area contributed by atoms with Crippen LogP contribution >= 0.6 is 0 Å². The van der Waals surface area contributed by atoms with E-state index in [1.165, 1.54) is 29.8 Å². The molecule has 0 N–H and O–H groups in total. The highest BCUT2D eigenvalue weighted by Gasteiger charge is 2.13. The van der Waals surface area contributed by atoms with Gasteiger partial charge >= 0.3 is 0 Å². The van der Waals surface area contributed by atoms with Crippen molar-refractivity contribution in [1.29, 1.82) is 0 Å². The van der Waals surface area contributed by atoms with E-state index in [1.54, 1.807) is 18.2 Å². The highest BCUT2D eigenvalue weighted by atomic mass is 19.1. The van der Waals surface area contributed by atoms with Gasteiger partial charge in [0, 0.05) is 24.2 Å². The molecular weight excluding hydrogens is 221 g/mol. The standard InChI is InChI=1S/C13H10FNO2/c1-9(17)15-7-10(8-16)6-13(15)11-4-2-3-5-12(11)14/h2-8H,1H3. The minimum Gasteiger partial charge on any atom is -0.298 e. The lowest BCUT2D eigenvalue weighted by atomic mass is 10.1. The van der Waals surface area contributed by atoms with Crippen LogP contribution in [0.2, 0.25) is 0 Å². The van der Waals surface area contributed by atoms with Crippen LogP contribution in [0.3, 0.4) is 0 Å². The molecular formula is C13H10FNO2. The molecule has 2 aromatic rings. The van der Waals surface area contributed by atoms with Crippen molar-refractivity contribution in [3.8, 4) is 11.3 Å². The van der Waals surface area contributed by atoms with Crippen LogP contribution in [0.4, 0.5) is 4.39 Å². The molecule has 1 heterocycles. The van der Waals surface area contributed by atoms with Crippen molar-refractivity contribution in [2.75, 3.05) is 0 Å². The Bertz CT molecular complexity index is 587. The zero-order valence-corrected chi connectivity index (χ0v) is 9.18. The Morgan fingerprint density at radius 1 is 1.35 bits per heavy atom. The summed E-state index contributed by atoms with van der Waals surface area (Å²) in [6, 6.07) is 7.62. The Kier molecular flexibility index (Phi) is 2.87. The number of aromatic nitrogens is 1. The second-order valence-electron chi connectivity index (χ2n) is 3.65. The van der Waals surface area contributed by atoms with Crippen molar-refractivity contribution < 1.29 is 14.0 Å². The summed E-state index contributed by atoms with van der Waals surface area (Å²) in [4.78, 5) is 22.1. The molecule has 4 heteroatoms. The Morgan fingerprint density at radius 2 is 2.06 bits per heavy atom. The Hall–Kier alpha value is -2.23. The average Bonchev–Trinajstić information content (AvgIpc) is 2.73. The molecule has 0 spiro atoms. The molecule has 0 aliphatic rings. The molecule has 0 atom stereocenters. The molecule has 0 saturated heterocycles. The summed E-state index contributed by atoms with van der Waals surface area (Å²) < 4.78 is 14.9. The number of hydrogen-bond acceptors (Lipinski definition) is 2. The van der Waals surface area contributed by atoms with Crippen molar-refractivity contribution in [3.63, 3.8) is 0 Å². The van der Waals surface area contributed by atoms with Gasteiger partial charge in [0.15, 0.2) is 6.29 Å². The highest BCUT2D eigenvalue weighted by molar-refractivity contribution is 5.87. The molecule has 2 rings (SSSR count). The molecule has 0 saturated carbocycles. The number of carbonyl (C=O) groups excluding carboxylic acids is 2. The van der Waals surface area contributed by atoms with Gasteiger partial charge in [-0.1, -0.05) is 12.1 Å². The Balaban J connectivity index is 2.66. The fraction of sp³-hybridized carbons (Fsp3) is 0.0769. The van der Waals surface area contributed by atoms with Gasteiger partial charge in [-0.3, -0.25) is 14.2 Å². The first kappa shape index (κ1) is 11.3. The van der Waals surface area contributed by atoms with E-state index in [0.717, 1.165) is 0 Å². The maximum absolute atomic E-state index is 13.6. The first-order chi connectivity index (χ1) is 8.13. The summed E-state index contributed by atoms with van der Waals surface area (Å²) in [6.45, 7) is 1.36. The smallest absolute Gasteiger partial charge is 0.227 e. The van der Waals surface area contributed by atoms with Gasteiger partial charge < -0.3 is 0 Å². The highest BCUT2D eigenvalue weighted by Crippen LogP contribution is 2.24. The van der Waals surface area contributed by atoms with Crippen molar-refractivity contribution in [2.24, 2.45) is 0 Å². The van der Waals surface area contributed by atoms with Crippen LogP contribution in [0.25, 0.3) is 11.3 Å². The molecule has 3 nitrogen and oxygen atoms in total. The first-order valence-electron chi connectivity index (χ1n) is 5.07. The number of carbonyl (C=O) groups is 2.